The minimum absolute atomic E-state index is 0.0187. The molecule has 4 aliphatic carbocycles. The highest BCUT2D eigenvalue weighted by Crippen LogP contribution is 2.50. The summed E-state index contributed by atoms with van der Waals surface area (Å²) in [6.45, 7) is 13.3. The van der Waals surface area contributed by atoms with Crippen LogP contribution in [0.2, 0.25) is 0 Å². The number of halogens is 6. The number of ether oxygens (including phenoxy) is 1. The molecule has 12 amide bonds. The first kappa shape index (κ1) is 89.5. The molecule has 0 aromatic carbocycles. The SMILES string of the molecule is CCO[C@@H]1C[C@H]2C(=O)NC3(CC(C)(C)C3)C(=O)N(C)[C@@H](C3CCCC3)C(=O)N(C)[C@H](C(=O)N(C)CC)CC(=O)N(C)[C@@H](CC(C)C)C(=O)N[C@@H]([C@@H](C)CC)C(=O)N(C)CC(=O)N(C)[C@H]3C/C=C\CCN(C3=O)[C@@H](CC3CCC(C(F)F)CC3)C(=O)N(C)CC(=O)N[C@@H](CCC3CCC(C(F)(F)F)C(Cl)C3)C(=O)N2C1. The number of hydrogen-bond acceptors (Lipinski definition) is 13. The molecule has 3 heterocycles. The molecule has 616 valence electrons. The number of fused-ring (bicyclic) bond motifs is 3. The fourth-order valence-corrected chi connectivity index (χ4v) is 18.5. The maximum Gasteiger partial charge on any atom is 0.393 e. The quantitative estimate of drug-likeness (QED) is 0.0820. The molecule has 4 saturated carbocycles. The number of nitrogens with one attached hydrogen (secondary N) is 3. The Labute approximate surface area is 646 Å². The fourth-order valence-electron chi connectivity index (χ4n) is 18.0. The van der Waals surface area contributed by atoms with Gasteiger partial charge in [0.1, 0.15) is 53.9 Å². The number of nitrogens with zero attached hydrogens (tertiary/aromatic N) is 9. The van der Waals surface area contributed by atoms with Gasteiger partial charge in [-0.15, -0.1) is 11.6 Å². The highest BCUT2D eigenvalue weighted by molar-refractivity contribution is 6.21. The number of amides is 12. The molecule has 7 aliphatic rings. The molecule has 31 heteroatoms. The normalized spacial score (nSPS) is 31.5. The van der Waals surface area contributed by atoms with Crippen LogP contribution in [0.15, 0.2) is 12.2 Å². The van der Waals surface area contributed by atoms with Crippen LogP contribution in [0.4, 0.5) is 22.0 Å². The summed E-state index contributed by atoms with van der Waals surface area (Å²) in [5, 5.41) is 7.50. The van der Waals surface area contributed by atoms with Crippen LogP contribution in [0.5, 0.6) is 0 Å². The largest absolute Gasteiger partial charge is 0.393 e. The van der Waals surface area contributed by atoms with Crippen molar-refractivity contribution >= 4 is 82.5 Å². The van der Waals surface area contributed by atoms with Gasteiger partial charge in [-0.3, -0.25) is 57.5 Å². The molecule has 7 rings (SSSR count). The van der Waals surface area contributed by atoms with Gasteiger partial charge in [-0.2, -0.15) is 13.2 Å². The zero-order valence-corrected chi connectivity index (χ0v) is 67.7. The van der Waals surface area contributed by atoms with Gasteiger partial charge >= 0.3 is 6.18 Å². The lowest BCUT2D eigenvalue weighted by molar-refractivity contribution is -0.182. The van der Waals surface area contributed by atoms with E-state index < -0.39 is 203 Å². The molecule has 0 aromatic rings. The van der Waals surface area contributed by atoms with Crippen LogP contribution in [-0.2, 0) is 62.3 Å². The molecule has 13 atom stereocenters. The molecular formula is C78H124ClF5N12O13. The Morgan fingerprint density at radius 1 is 0.688 bits per heavy atom. The number of carbonyl (C=O) groups is 12. The fraction of sp³-hybridized carbons (Fsp3) is 0.821. The van der Waals surface area contributed by atoms with Crippen LogP contribution in [0.3, 0.4) is 0 Å². The summed E-state index contributed by atoms with van der Waals surface area (Å²) in [4.78, 5) is 194. The molecule has 3 unspecified atom stereocenters. The van der Waals surface area contributed by atoms with Crippen LogP contribution in [0.1, 0.15) is 197 Å². The summed E-state index contributed by atoms with van der Waals surface area (Å²) in [6, 6.07) is -10.7. The van der Waals surface area contributed by atoms with Crippen LogP contribution >= 0.6 is 11.6 Å². The molecule has 3 N–H and O–H groups in total. The summed E-state index contributed by atoms with van der Waals surface area (Å²) in [7, 11) is 9.90. The highest BCUT2D eigenvalue weighted by Gasteiger charge is 2.60. The number of carbonyl (C=O) groups excluding carboxylic acids is 12. The standard InChI is InChI=1S/C78H124ClF5N12O13/c1-16-47(6)64-73(106)90(11)43-63(99)91(12)56-26-20-19-23-35-95(72(56)105)60(38-49-27-31-51(32-28-49)66(80)81)71(104)89(10)42-61(97)85-55(34-30-48-29-33-53(54(79)37-48)78(82,83)84)69(102)96-41-52(109-18-3)39-58(96)68(101)87-77(44-76(7,8)45-77)75(108)94(15)65(50-24-21-22-25-50)74(107)93(14)59(70(103)88(9)17-2)40-62(98)92(13)57(36-46(4)5)67(100)86-64/h19-20,46-60,64-66H,16-18,21-45H2,1-15H3,(H,85,97)(H,86,100)(H,87,101)/b20-19-/t47-,48?,49?,51?,52+,53?,54?,55-,56-,57-,58-,59-,60-,64-,65-/m0/s1. The topological polar surface area (TPSA) is 279 Å². The van der Waals surface area contributed by atoms with Crippen molar-refractivity contribution in [2.75, 3.05) is 88.7 Å². The zero-order chi connectivity index (χ0) is 81.1. The van der Waals surface area contributed by atoms with Crippen molar-refractivity contribution in [1.29, 1.82) is 0 Å². The predicted octanol–water partition coefficient (Wildman–Crippen LogP) is 7.40. The molecule has 25 nitrogen and oxygen atoms in total. The maximum atomic E-state index is 15.9. The number of alkyl halides is 6. The Hall–Kier alpha value is -6.72. The Morgan fingerprint density at radius 2 is 1.32 bits per heavy atom. The summed E-state index contributed by atoms with van der Waals surface area (Å²) >= 11 is 6.46. The molecule has 0 aromatic heterocycles. The van der Waals surface area contributed by atoms with Gasteiger partial charge in [0, 0.05) is 93.3 Å². The van der Waals surface area contributed by atoms with Crippen molar-refractivity contribution in [2.24, 2.45) is 46.8 Å². The van der Waals surface area contributed by atoms with Gasteiger partial charge in [-0.05, 0) is 158 Å². The van der Waals surface area contributed by atoms with Gasteiger partial charge in [-0.1, -0.05) is 73.0 Å². The number of hydrogen-bond donors (Lipinski definition) is 3. The summed E-state index contributed by atoms with van der Waals surface area (Å²) in [5.74, 6) is -13.1. The molecule has 2 saturated heterocycles. The monoisotopic (exact) mass is 1570 g/mol. The average molecular weight is 1570 g/mol. The molecule has 6 fully saturated rings. The van der Waals surface area contributed by atoms with Gasteiger partial charge in [-0.25, -0.2) is 8.78 Å². The van der Waals surface area contributed by atoms with Crippen LogP contribution < -0.4 is 16.0 Å². The van der Waals surface area contributed by atoms with Crippen molar-refractivity contribution in [3.8, 4) is 0 Å². The van der Waals surface area contributed by atoms with E-state index in [0.717, 1.165) is 9.80 Å². The number of likely N-dealkylation sites (N-methyl/N-ethyl adjacent to an activating group) is 7. The summed E-state index contributed by atoms with van der Waals surface area (Å²) in [6.07, 6.45) is -1.31. The maximum absolute atomic E-state index is 15.9. The van der Waals surface area contributed by atoms with Crippen LogP contribution in [-0.4, -0.2) is 282 Å². The third-order valence-electron chi connectivity index (χ3n) is 24.6. The van der Waals surface area contributed by atoms with Gasteiger partial charge in [0.2, 0.25) is 77.3 Å². The van der Waals surface area contributed by atoms with Crippen molar-refractivity contribution < 1.29 is 84.2 Å². The summed E-state index contributed by atoms with van der Waals surface area (Å²) < 4.78 is 76.9. The second kappa shape index (κ2) is 38.7. The third-order valence-corrected chi connectivity index (χ3v) is 25.1. The van der Waals surface area contributed by atoms with Gasteiger partial charge < -0.3 is 64.8 Å². The first-order valence-corrected chi connectivity index (χ1v) is 40.1. The van der Waals surface area contributed by atoms with E-state index in [-0.39, 0.29) is 141 Å². The molecular weight excluding hydrogens is 1440 g/mol. The van der Waals surface area contributed by atoms with E-state index in [1.54, 1.807) is 32.9 Å². The van der Waals surface area contributed by atoms with Crippen LogP contribution in [0, 0.1) is 46.8 Å². The molecule has 109 heavy (non-hydrogen) atoms. The van der Waals surface area contributed by atoms with Gasteiger partial charge in [0.15, 0.2) is 0 Å². The third kappa shape index (κ3) is 22.2. The molecule has 3 aliphatic heterocycles. The van der Waals surface area contributed by atoms with E-state index in [0.29, 0.717) is 32.1 Å². The Kier molecular flexibility index (Phi) is 31.7. The van der Waals surface area contributed by atoms with Gasteiger partial charge in [0.25, 0.3) is 0 Å². The van der Waals surface area contributed by atoms with E-state index in [2.05, 4.69) is 16.0 Å². The minimum atomic E-state index is -4.56. The molecule has 0 radical (unpaired) electrons. The van der Waals surface area contributed by atoms with E-state index in [1.165, 1.54) is 83.6 Å². The minimum Gasteiger partial charge on any atom is -0.377 e. The Morgan fingerprint density at radius 3 is 1.90 bits per heavy atom. The zero-order valence-electron chi connectivity index (χ0n) is 66.9. The van der Waals surface area contributed by atoms with E-state index >= 15 is 33.6 Å². The lowest BCUT2D eigenvalue weighted by Crippen LogP contribution is -2.71. The Balaban J connectivity index is 1.34. The smallest absolute Gasteiger partial charge is 0.377 e. The lowest BCUT2D eigenvalue weighted by Gasteiger charge is -2.54. The highest BCUT2D eigenvalue weighted by atomic mass is 35.5. The second-order valence-corrected chi connectivity index (χ2v) is 34.3. The van der Waals surface area contributed by atoms with Crippen molar-refractivity contribution in [3.63, 3.8) is 0 Å². The first-order chi connectivity index (χ1) is 51.1. The molecule has 1 spiro atoms. The van der Waals surface area contributed by atoms with Gasteiger partial charge in [0.05, 0.1) is 31.5 Å². The van der Waals surface area contributed by atoms with E-state index in [9.17, 15) is 45.9 Å². The van der Waals surface area contributed by atoms with Crippen LogP contribution in [0.25, 0.3) is 0 Å². The summed E-state index contributed by atoms with van der Waals surface area (Å²) in [5.41, 5.74) is -2.24. The van der Waals surface area contributed by atoms with E-state index in [1.807, 2.05) is 34.6 Å². The first-order valence-electron chi connectivity index (χ1n) is 39.7. The number of rotatable bonds is 15. The predicted molar refractivity (Wildman–Crippen MR) is 399 cm³/mol. The van der Waals surface area contributed by atoms with Crippen molar-refractivity contribution in [2.45, 2.75) is 275 Å². The lowest BCUT2D eigenvalue weighted by atomic mass is 9.58. The Bertz CT molecular complexity index is 3250. The van der Waals surface area contributed by atoms with E-state index in [4.69, 9.17) is 16.3 Å². The second-order valence-electron chi connectivity index (χ2n) is 33.7. The van der Waals surface area contributed by atoms with Crippen molar-refractivity contribution in [3.05, 3.63) is 12.2 Å². The van der Waals surface area contributed by atoms with Crippen molar-refractivity contribution in [1.82, 2.24) is 60.0 Å². The average Bonchev–Trinajstić information content (AvgIpc) is 1.43. The molecule has 2 bridgehead atoms.